The summed E-state index contributed by atoms with van der Waals surface area (Å²) in [7, 11) is -0.683. The van der Waals surface area contributed by atoms with Gasteiger partial charge in [0, 0.05) is 10.4 Å². The Hall–Kier alpha value is -1.95. The molecule has 0 nitrogen and oxygen atoms in total. The maximum atomic E-state index is 3.89. The van der Waals surface area contributed by atoms with Crippen molar-refractivity contribution in [1.29, 1.82) is 0 Å². The first kappa shape index (κ1) is 21.3. The van der Waals surface area contributed by atoms with Gasteiger partial charge in [-0.25, -0.2) is 0 Å². The van der Waals surface area contributed by atoms with Gasteiger partial charge in [0.1, 0.15) is 0 Å². The van der Waals surface area contributed by atoms with E-state index in [0.29, 0.717) is 5.92 Å². The van der Waals surface area contributed by atoms with Gasteiger partial charge < -0.3 is 0 Å². The van der Waals surface area contributed by atoms with E-state index < -0.39 is 7.92 Å². The van der Waals surface area contributed by atoms with Crippen molar-refractivity contribution in [2.45, 2.75) is 40.5 Å². The normalized spacial score (nSPS) is 14.5. The van der Waals surface area contributed by atoms with Gasteiger partial charge in [-0.2, -0.15) is 0 Å². The lowest BCUT2D eigenvalue weighted by atomic mass is 9.95. The number of benzene rings is 3. The van der Waals surface area contributed by atoms with E-state index in [-0.39, 0.29) is 0 Å². The first-order valence-corrected chi connectivity index (χ1v) is 12.6. The number of hydrogen-bond acceptors (Lipinski definition) is 0. The molecule has 152 valence electrons. The Morgan fingerprint density at radius 2 is 1.23 bits per heavy atom. The van der Waals surface area contributed by atoms with Crippen LogP contribution in [0.15, 0.2) is 77.3 Å². The second-order valence-electron chi connectivity index (χ2n) is 8.11. The maximum Gasteiger partial charge on any atom is 0.0223 e. The molecule has 0 spiro atoms. The molecule has 4 rings (SSSR count). The zero-order chi connectivity index (χ0) is 21.4. The highest BCUT2D eigenvalue weighted by atomic mass is 79.9. The summed E-state index contributed by atoms with van der Waals surface area (Å²) in [5.74, 6) is 0.317. The van der Waals surface area contributed by atoms with Gasteiger partial charge in [0.2, 0.25) is 0 Å². The van der Waals surface area contributed by atoms with Crippen molar-refractivity contribution in [2.75, 3.05) is 0 Å². The second kappa shape index (κ2) is 8.66. The van der Waals surface area contributed by atoms with Crippen LogP contribution in [0.1, 0.15) is 39.3 Å². The van der Waals surface area contributed by atoms with Gasteiger partial charge in [0.25, 0.3) is 0 Å². The highest BCUT2D eigenvalue weighted by molar-refractivity contribution is 9.10. The van der Waals surface area contributed by atoms with Gasteiger partial charge in [0.05, 0.1) is 0 Å². The number of hydrogen-bond donors (Lipinski definition) is 0. The third-order valence-corrected chi connectivity index (χ3v) is 10.0. The molecular weight excluding hydrogens is 447 g/mol. The molecule has 0 bridgehead atoms. The van der Waals surface area contributed by atoms with Gasteiger partial charge in [-0.15, -0.1) is 0 Å². The molecule has 0 saturated carbocycles. The minimum absolute atomic E-state index is 0.317. The first-order chi connectivity index (χ1) is 14.4. The molecule has 1 unspecified atom stereocenters. The average Bonchev–Trinajstić information content (AvgIpc) is 3.29. The lowest BCUT2D eigenvalue weighted by Crippen LogP contribution is -2.28. The molecule has 0 amide bonds. The second-order valence-corrected chi connectivity index (χ2v) is 11.1. The molecule has 3 aromatic rings. The fraction of sp³-hybridized carbons (Fsp3) is 0.214. The molecule has 0 heterocycles. The van der Waals surface area contributed by atoms with Crippen molar-refractivity contribution >= 4 is 39.8 Å². The zero-order valence-electron chi connectivity index (χ0n) is 18.3. The summed E-state index contributed by atoms with van der Waals surface area (Å²) in [5, 5.41) is 4.37. The van der Waals surface area contributed by atoms with Crippen LogP contribution in [0.2, 0.25) is 0 Å². The quantitative estimate of drug-likeness (QED) is 0.358. The van der Waals surface area contributed by atoms with E-state index in [1.54, 1.807) is 0 Å². The first-order valence-electron chi connectivity index (χ1n) is 10.5. The van der Waals surface area contributed by atoms with Crippen LogP contribution in [-0.2, 0) is 0 Å². The van der Waals surface area contributed by atoms with Gasteiger partial charge in [-0.1, -0.05) is 82.7 Å². The summed E-state index contributed by atoms with van der Waals surface area (Å²) in [6.45, 7) is 11.5. The SMILES string of the molecule is Cc1c(C)c(C)c(P(c2ccccc2)c2cccc(Br)c2C2C=CC=C2)c(C)c1C. The van der Waals surface area contributed by atoms with Crippen molar-refractivity contribution in [3.63, 3.8) is 0 Å². The third kappa shape index (κ3) is 3.64. The van der Waals surface area contributed by atoms with Gasteiger partial charge in [-0.05, 0) is 97.9 Å². The van der Waals surface area contributed by atoms with E-state index >= 15 is 0 Å². The molecular formula is C28H28BrP. The number of allylic oxidation sites excluding steroid dienone is 4. The van der Waals surface area contributed by atoms with Crippen molar-refractivity contribution in [3.8, 4) is 0 Å². The van der Waals surface area contributed by atoms with Crippen molar-refractivity contribution in [3.05, 3.63) is 111 Å². The highest BCUT2D eigenvalue weighted by Gasteiger charge is 2.28. The van der Waals surface area contributed by atoms with E-state index in [1.807, 2.05) is 0 Å². The Bertz CT molecular complexity index is 1110. The number of rotatable bonds is 4. The van der Waals surface area contributed by atoms with Crippen LogP contribution in [0.3, 0.4) is 0 Å². The average molecular weight is 475 g/mol. The maximum absolute atomic E-state index is 3.89. The Balaban J connectivity index is 2.07. The van der Waals surface area contributed by atoms with Crippen LogP contribution in [-0.4, -0.2) is 0 Å². The molecule has 30 heavy (non-hydrogen) atoms. The van der Waals surface area contributed by atoms with E-state index in [9.17, 15) is 0 Å². The molecule has 0 N–H and O–H groups in total. The zero-order valence-corrected chi connectivity index (χ0v) is 20.8. The van der Waals surface area contributed by atoms with Crippen molar-refractivity contribution in [1.82, 2.24) is 0 Å². The van der Waals surface area contributed by atoms with Gasteiger partial charge in [-0.3, -0.25) is 0 Å². The Morgan fingerprint density at radius 1 is 0.667 bits per heavy atom. The Labute approximate surface area is 190 Å². The predicted molar refractivity (Wildman–Crippen MR) is 138 cm³/mol. The predicted octanol–water partition coefficient (Wildman–Crippen LogP) is 6.96. The fourth-order valence-electron chi connectivity index (χ4n) is 4.46. The van der Waals surface area contributed by atoms with Crippen molar-refractivity contribution in [2.24, 2.45) is 0 Å². The highest BCUT2D eigenvalue weighted by Crippen LogP contribution is 2.42. The topological polar surface area (TPSA) is 0 Å². The van der Waals surface area contributed by atoms with Crippen LogP contribution >= 0.6 is 23.9 Å². The fourth-order valence-corrected chi connectivity index (χ4v) is 8.24. The molecule has 1 atom stereocenters. The smallest absolute Gasteiger partial charge is 0.0223 e. The largest absolute Gasteiger partial charge is 0.0732 e. The molecule has 0 aromatic heterocycles. The van der Waals surface area contributed by atoms with E-state index in [0.717, 1.165) is 0 Å². The van der Waals surface area contributed by atoms with Crippen LogP contribution in [0.5, 0.6) is 0 Å². The molecule has 2 heteroatoms. The van der Waals surface area contributed by atoms with Crippen LogP contribution in [0.25, 0.3) is 0 Å². The Morgan fingerprint density at radius 3 is 1.83 bits per heavy atom. The molecule has 3 aromatic carbocycles. The summed E-state index contributed by atoms with van der Waals surface area (Å²) in [4.78, 5) is 0. The van der Waals surface area contributed by atoms with E-state index in [2.05, 4.69) is 123 Å². The summed E-state index contributed by atoms with van der Waals surface area (Å²) >= 11 is 3.89. The monoisotopic (exact) mass is 474 g/mol. The van der Waals surface area contributed by atoms with Gasteiger partial charge >= 0.3 is 0 Å². The van der Waals surface area contributed by atoms with E-state index in [4.69, 9.17) is 0 Å². The summed E-state index contributed by atoms with van der Waals surface area (Å²) in [6, 6.07) is 17.8. The van der Waals surface area contributed by atoms with E-state index in [1.165, 1.54) is 53.8 Å². The molecule has 1 aliphatic rings. The number of halogens is 1. The molecule has 0 radical (unpaired) electrons. The molecule has 1 aliphatic carbocycles. The standard InChI is InChI=1S/C28H28BrP/c1-18-19(2)21(4)28(22(5)20(18)3)30(24-14-7-6-8-15-24)26-17-11-16-25(29)27(26)23-12-9-10-13-23/h6-17,23H,1-5H3. The van der Waals surface area contributed by atoms with Gasteiger partial charge in [0.15, 0.2) is 0 Å². The van der Waals surface area contributed by atoms with Crippen LogP contribution in [0, 0.1) is 34.6 Å². The molecule has 0 fully saturated rings. The van der Waals surface area contributed by atoms with Crippen molar-refractivity contribution < 1.29 is 0 Å². The molecule has 0 saturated heterocycles. The molecule has 0 aliphatic heterocycles. The van der Waals surface area contributed by atoms with Crippen LogP contribution in [0.4, 0.5) is 0 Å². The minimum atomic E-state index is -0.683. The Kier molecular flexibility index (Phi) is 6.14. The lowest BCUT2D eigenvalue weighted by Gasteiger charge is -2.29. The summed E-state index contributed by atoms with van der Waals surface area (Å²) in [6.07, 6.45) is 8.92. The summed E-state index contributed by atoms with van der Waals surface area (Å²) < 4.78 is 1.19. The summed E-state index contributed by atoms with van der Waals surface area (Å²) in [5.41, 5.74) is 8.55. The third-order valence-electron chi connectivity index (χ3n) is 6.55. The minimum Gasteiger partial charge on any atom is -0.0732 e. The van der Waals surface area contributed by atoms with Crippen LogP contribution < -0.4 is 15.9 Å². The lowest BCUT2D eigenvalue weighted by molar-refractivity contribution is 1.11.